The molecular formula is C25H26N2O5S. The second-order valence-electron chi connectivity index (χ2n) is 7.79. The van der Waals surface area contributed by atoms with Crippen molar-refractivity contribution in [3.63, 3.8) is 0 Å². The predicted octanol–water partition coefficient (Wildman–Crippen LogP) is 4.24. The van der Waals surface area contributed by atoms with E-state index in [9.17, 15) is 13.2 Å². The lowest BCUT2D eigenvalue weighted by Gasteiger charge is -2.34. The van der Waals surface area contributed by atoms with Gasteiger partial charge in [-0.05, 0) is 67.4 Å². The molecule has 1 N–H and O–H groups in total. The molecule has 172 valence electrons. The summed E-state index contributed by atoms with van der Waals surface area (Å²) in [7, 11) is -3.79. The molecule has 4 rings (SSSR count). The zero-order chi connectivity index (χ0) is 23.4. The third-order valence-corrected chi connectivity index (χ3v) is 7.11. The van der Waals surface area contributed by atoms with Gasteiger partial charge in [0.15, 0.2) is 6.61 Å². The van der Waals surface area contributed by atoms with Crippen molar-refractivity contribution in [2.75, 3.05) is 22.8 Å². The molecule has 0 saturated heterocycles. The number of fused-ring (bicyclic) bond motifs is 1. The zero-order valence-corrected chi connectivity index (χ0v) is 19.3. The lowest BCUT2D eigenvalue weighted by molar-refractivity contribution is -0.118. The first-order valence-electron chi connectivity index (χ1n) is 10.8. The molecule has 0 radical (unpaired) electrons. The Bertz CT molecular complexity index is 1220. The van der Waals surface area contributed by atoms with Crippen LogP contribution in [-0.2, 0) is 21.2 Å². The standard InChI is InChI=1S/C25H26N2O5S/c1-3-19-8-12-21(13-9-19)31-17-25(28)26-20-10-14-22(15-11-20)33(29,30)27-16-18(2)32-24-7-5-4-6-23(24)27/h4-15,18H,3,16-17H2,1-2H3,(H,26,28)/t18-/m0/s1. The van der Waals surface area contributed by atoms with Gasteiger partial charge in [0, 0.05) is 5.69 Å². The number of carbonyl (C=O) groups excluding carboxylic acids is 1. The molecule has 3 aromatic rings. The highest BCUT2D eigenvalue weighted by molar-refractivity contribution is 7.92. The first kappa shape index (κ1) is 22.7. The Labute approximate surface area is 194 Å². The van der Waals surface area contributed by atoms with Gasteiger partial charge < -0.3 is 14.8 Å². The smallest absolute Gasteiger partial charge is 0.264 e. The van der Waals surface area contributed by atoms with Crippen LogP contribution in [0, 0.1) is 0 Å². The van der Waals surface area contributed by atoms with Gasteiger partial charge in [0.1, 0.15) is 17.6 Å². The van der Waals surface area contributed by atoms with E-state index in [1.807, 2.05) is 37.3 Å². The molecule has 33 heavy (non-hydrogen) atoms. The van der Waals surface area contributed by atoms with Crippen molar-refractivity contribution in [3.8, 4) is 11.5 Å². The maximum Gasteiger partial charge on any atom is 0.264 e. The Morgan fingerprint density at radius 1 is 1.06 bits per heavy atom. The third kappa shape index (κ3) is 5.12. The van der Waals surface area contributed by atoms with E-state index in [1.54, 1.807) is 30.3 Å². The van der Waals surface area contributed by atoms with E-state index < -0.39 is 10.0 Å². The molecule has 0 aromatic heterocycles. The Morgan fingerprint density at radius 3 is 2.45 bits per heavy atom. The topological polar surface area (TPSA) is 84.9 Å². The number of nitrogens with zero attached hydrogens (tertiary/aromatic N) is 1. The molecule has 0 spiro atoms. The van der Waals surface area contributed by atoms with Crippen molar-refractivity contribution in [1.82, 2.24) is 0 Å². The van der Waals surface area contributed by atoms with Crippen LogP contribution in [0.3, 0.4) is 0 Å². The number of rotatable bonds is 7. The highest BCUT2D eigenvalue weighted by Crippen LogP contribution is 2.36. The van der Waals surface area contributed by atoms with E-state index in [-0.39, 0.29) is 30.1 Å². The molecule has 0 aliphatic carbocycles. The number of sulfonamides is 1. The molecule has 0 bridgehead atoms. The largest absolute Gasteiger partial charge is 0.487 e. The fourth-order valence-corrected chi connectivity index (χ4v) is 5.13. The van der Waals surface area contributed by atoms with Crippen LogP contribution in [0.15, 0.2) is 77.7 Å². The van der Waals surface area contributed by atoms with Crippen LogP contribution in [0.2, 0.25) is 0 Å². The molecular weight excluding hydrogens is 440 g/mol. The van der Waals surface area contributed by atoms with E-state index in [0.29, 0.717) is 22.9 Å². The minimum atomic E-state index is -3.79. The molecule has 1 aliphatic rings. The normalized spacial score (nSPS) is 15.3. The number of anilines is 2. The van der Waals surface area contributed by atoms with Crippen LogP contribution < -0.4 is 19.1 Å². The summed E-state index contributed by atoms with van der Waals surface area (Å²) in [6.45, 7) is 3.97. The van der Waals surface area contributed by atoms with Gasteiger partial charge in [-0.1, -0.05) is 31.2 Å². The fraction of sp³-hybridized carbons (Fsp3) is 0.240. The number of hydrogen-bond acceptors (Lipinski definition) is 5. The summed E-state index contributed by atoms with van der Waals surface area (Å²) in [4.78, 5) is 12.4. The van der Waals surface area contributed by atoms with Crippen LogP contribution in [-0.4, -0.2) is 33.6 Å². The number of nitrogens with one attached hydrogen (secondary N) is 1. The Morgan fingerprint density at radius 2 is 1.76 bits per heavy atom. The molecule has 1 atom stereocenters. The number of benzene rings is 3. The summed E-state index contributed by atoms with van der Waals surface area (Å²) in [6.07, 6.45) is 0.662. The van der Waals surface area contributed by atoms with Crippen molar-refractivity contribution >= 4 is 27.3 Å². The SMILES string of the molecule is CCc1ccc(OCC(=O)Nc2ccc(S(=O)(=O)N3C[C@H](C)Oc4ccccc43)cc2)cc1. The molecule has 1 amide bonds. The number of carbonyl (C=O) groups is 1. The fourth-order valence-electron chi connectivity index (χ4n) is 3.58. The zero-order valence-electron chi connectivity index (χ0n) is 18.5. The number of ether oxygens (including phenoxy) is 2. The molecule has 0 fully saturated rings. The van der Waals surface area contributed by atoms with E-state index in [0.717, 1.165) is 6.42 Å². The minimum absolute atomic E-state index is 0.136. The summed E-state index contributed by atoms with van der Waals surface area (Å²) >= 11 is 0. The van der Waals surface area contributed by atoms with Gasteiger partial charge in [-0.2, -0.15) is 0 Å². The quantitative estimate of drug-likeness (QED) is 0.563. The lowest BCUT2D eigenvalue weighted by atomic mass is 10.2. The number of amides is 1. The molecule has 1 aliphatic heterocycles. The van der Waals surface area contributed by atoms with Crippen LogP contribution in [0.5, 0.6) is 11.5 Å². The summed E-state index contributed by atoms with van der Waals surface area (Å²) in [6, 6.07) is 20.7. The van der Waals surface area contributed by atoms with Gasteiger partial charge >= 0.3 is 0 Å². The van der Waals surface area contributed by atoms with Crippen molar-refractivity contribution < 1.29 is 22.7 Å². The summed E-state index contributed by atoms with van der Waals surface area (Å²) in [5.74, 6) is 0.818. The lowest BCUT2D eigenvalue weighted by Crippen LogP contribution is -2.42. The average molecular weight is 467 g/mol. The van der Waals surface area contributed by atoms with E-state index in [1.165, 1.54) is 22.0 Å². The van der Waals surface area contributed by atoms with Crippen molar-refractivity contribution in [1.29, 1.82) is 0 Å². The molecule has 3 aromatic carbocycles. The predicted molar refractivity (Wildman–Crippen MR) is 127 cm³/mol. The molecule has 7 nitrogen and oxygen atoms in total. The van der Waals surface area contributed by atoms with Gasteiger partial charge in [0.25, 0.3) is 15.9 Å². The summed E-state index contributed by atoms with van der Waals surface area (Å²) < 4.78 is 39.2. The molecule has 0 unspecified atom stereocenters. The summed E-state index contributed by atoms with van der Waals surface area (Å²) in [5.41, 5.74) is 2.19. The highest BCUT2D eigenvalue weighted by atomic mass is 32.2. The van der Waals surface area contributed by atoms with Crippen LogP contribution >= 0.6 is 0 Å². The van der Waals surface area contributed by atoms with Crippen LogP contribution in [0.25, 0.3) is 0 Å². The van der Waals surface area contributed by atoms with Crippen LogP contribution in [0.1, 0.15) is 19.4 Å². The number of hydrogen-bond donors (Lipinski definition) is 1. The van der Waals surface area contributed by atoms with Gasteiger partial charge in [-0.25, -0.2) is 8.42 Å². The van der Waals surface area contributed by atoms with Gasteiger partial charge in [-0.3, -0.25) is 9.10 Å². The van der Waals surface area contributed by atoms with Crippen molar-refractivity contribution in [2.24, 2.45) is 0 Å². The Balaban J connectivity index is 1.42. The van der Waals surface area contributed by atoms with E-state index in [4.69, 9.17) is 9.47 Å². The second-order valence-corrected chi connectivity index (χ2v) is 9.65. The van der Waals surface area contributed by atoms with Crippen molar-refractivity contribution in [2.45, 2.75) is 31.3 Å². The Kier molecular flexibility index (Phi) is 6.55. The molecule has 1 heterocycles. The van der Waals surface area contributed by atoms with E-state index >= 15 is 0 Å². The monoisotopic (exact) mass is 466 g/mol. The maximum absolute atomic E-state index is 13.3. The van der Waals surface area contributed by atoms with E-state index in [2.05, 4.69) is 12.2 Å². The third-order valence-electron chi connectivity index (χ3n) is 5.31. The van der Waals surface area contributed by atoms with Gasteiger partial charge in [-0.15, -0.1) is 0 Å². The summed E-state index contributed by atoms with van der Waals surface area (Å²) in [5, 5.41) is 2.72. The van der Waals surface area contributed by atoms with Crippen LogP contribution in [0.4, 0.5) is 11.4 Å². The van der Waals surface area contributed by atoms with Gasteiger partial charge in [0.2, 0.25) is 0 Å². The first-order chi connectivity index (χ1) is 15.9. The number of aryl methyl sites for hydroxylation is 1. The maximum atomic E-state index is 13.3. The highest BCUT2D eigenvalue weighted by Gasteiger charge is 2.32. The second kappa shape index (κ2) is 9.54. The molecule has 0 saturated carbocycles. The van der Waals surface area contributed by atoms with Gasteiger partial charge in [0.05, 0.1) is 17.1 Å². The van der Waals surface area contributed by atoms with Crippen molar-refractivity contribution in [3.05, 3.63) is 78.4 Å². The Hall–Kier alpha value is -3.52. The molecule has 8 heteroatoms. The number of para-hydroxylation sites is 2. The average Bonchev–Trinajstić information content (AvgIpc) is 2.83. The first-order valence-corrected chi connectivity index (χ1v) is 12.2. The minimum Gasteiger partial charge on any atom is -0.487 e.